The Balaban J connectivity index is 2.74. The van der Waals surface area contributed by atoms with E-state index >= 15 is 0 Å². The molecule has 0 saturated carbocycles. The molecule has 6 N–H and O–H groups in total. The van der Waals surface area contributed by atoms with Gasteiger partial charge in [0, 0.05) is 0 Å². The molecule has 0 spiro atoms. The molecule has 1 aromatic heterocycles. The predicted octanol–water partition coefficient (Wildman–Crippen LogP) is -1.37. The average molecular weight is 316 g/mol. The zero-order valence-corrected chi connectivity index (χ0v) is 12.2. The lowest BCUT2D eigenvalue weighted by Crippen LogP contribution is -2.34. The maximum absolute atomic E-state index is 11.1. The van der Waals surface area contributed by atoms with Crippen molar-refractivity contribution in [2.75, 3.05) is 13.2 Å². The van der Waals surface area contributed by atoms with Crippen molar-refractivity contribution in [3.05, 3.63) is 17.7 Å². The third kappa shape index (κ3) is 4.77. The van der Waals surface area contributed by atoms with Crippen molar-refractivity contribution in [3.63, 3.8) is 0 Å². The summed E-state index contributed by atoms with van der Waals surface area (Å²) in [6.45, 7) is 2.73. The molecule has 22 heavy (non-hydrogen) atoms. The molecule has 1 heterocycles. The molecule has 1 rings (SSSR count). The van der Waals surface area contributed by atoms with Crippen molar-refractivity contribution in [1.29, 1.82) is 0 Å². The second-order valence-corrected chi connectivity index (χ2v) is 4.40. The Morgan fingerprint density at radius 2 is 2.18 bits per heavy atom. The van der Waals surface area contributed by atoms with Crippen LogP contribution in [-0.4, -0.2) is 67.6 Å². The molecular weight excluding hydrogens is 296 g/mol. The number of aliphatic hydroxyl groups is 4. The van der Waals surface area contributed by atoms with E-state index in [0.717, 1.165) is 0 Å². The number of aliphatic hydroxyl groups excluding tert-OH is 4. The number of carbonyl (C=O) groups is 1. The largest absolute Gasteiger partial charge is 0.449 e. The molecule has 1 amide bonds. The summed E-state index contributed by atoms with van der Waals surface area (Å²) in [5.41, 5.74) is 2.59. The average Bonchev–Trinajstić information content (AvgIpc) is 3.00. The number of ether oxygens (including phenoxy) is 1. The van der Waals surface area contributed by atoms with Crippen LogP contribution in [0.4, 0.5) is 4.79 Å². The van der Waals surface area contributed by atoms with Crippen LogP contribution in [-0.2, 0) is 4.74 Å². The Bertz CT molecular complexity index is 517. The molecule has 124 valence electrons. The summed E-state index contributed by atoms with van der Waals surface area (Å²) in [6, 6.07) is 0. The fourth-order valence-corrected chi connectivity index (χ4v) is 1.52. The summed E-state index contributed by atoms with van der Waals surface area (Å²) in [4.78, 5) is 17.7. The summed E-state index contributed by atoms with van der Waals surface area (Å²) in [5.74, 6) is 0.247. The number of carbonyl (C=O) groups excluding carboxylic acids is 1. The number of nitrogens with zero attached hydrogens (tertiary/aromatic N) is 2. The molecule has 0 bridgehead atoms. The molecule has 0 radical (unpaired) electrons. The highest BCUT2D eigenvalue weighted by Crippen LogP contribution is 2.17. The molecule has 0 aliphatic rings. The second-order valence-electron chi connectivity index (χ2n) is 4.40. The third-order valence-electron chi connectivity index (χ3n) is 2.75. The highest BCUT2D eigenvalue weighted by Gasteiger charge is 2.27. The predicted molar refractivity (Wildman–Crippen MR) is 75.0 cm³/mol. The molecule has 3 unspecified atom stereocenters. The van der Waals surface area contributed by atoms with Gasteiger partial charge in [-0.15, -0.1) is 0 Å². The molecule has 0 aromatic carbocycles. The topological polar surface area (TPSA) is 160 Å². The van der Waals surface area contributed by atoms with E-state index in [2.05, 4.69) is 25.2 Å². The van der Waals surface area contributed by atoms with Crippen molar-refractivity contribution in [2.45, 2.75) is 32.2 Å². The number of rotatable bonds is 7. The van der Waals surface area contributed by atoms with Crippen LogP contribution in [0.5, 0.6) is 0 Å². The van der Waals surface area contributed by atoms with Crippen LogP contribution in [0.15, 0.2) is 11.3 Å². The van der Waals surface area contributed by atoms with Gasteiger partial charge in [0.15, 0.2) is 5.82 Å². The Morgan fingerprint density at radius 1 is 1.50 bits per heavy atom. The highest BCUT2D eigenvalue weighted by atomic mass is 16.5. The van der Waals surface area contributed by atoms with Crippen LogP contribution in [0.2, 0.25) is 0 Å². The molecule has 1 aromatic rings. The molecule has 0 aliphatic carbocycles. The number of hydrazone groups is 1. The van der Waals surface area contributed by atoms with E-state index in [0.29, 0.717) is 5.71 Å². The summed E-state index contributed by atoms with van der Waals surface area (Å²) >= 11 is 0. The van der Waals surface area contributed by atoms with Gasteiger partial charge in [0.1, 0.15) is 24.0 Å². The lowest BCUT2D eigenvalue weighted by atomic mass is 10.1. The number of aromatic nitrogens is 2. The SMILES string of the molecule is CCOC(=O)NN=C(C)c1ncc(C(O)C(O)C(O)CO)[nH]1. The number of nitrogens with one attached hydrogen (secondary N) is 2. The first kappa shape index (κ1) is 18.0. The van der Waals surface area contributed by atoms with Gasteiger partial charge < -0.3 is 30.1 Å². The lowest BCUT2D eigenvalue weighted by Gasteiger charge is -2.20. The van der Waals surface area contributed by atoms with Crippen LogP contribution < -0.4 is 5.43 Å². The third-order valence-corrected chi connectivity index (χ3v) is 2.75. The van der Waals surface area contributed by atoms with Gasteiger partial charge in [-0.2, -0.15) is 5.10 Å². The van der Waals surface area contributed by atoms with Gasteiger partial charge in [-0.1, -0.05) is 0 Å². The summed E-state index contributed by atoms with van der Waals surface area (Å²) in [5, 5.41) is 41.2. The van der Waals surface area contributed by atoms with E-state index in [1.165, 1.54) is 6.20 Å². The van der Waals surface area contributed by atoms with E-state index in [1.807, 2.05) is 0 Å². The second kappa shape index (κ2) is 8.44. The Morgan fingerprint density at radius 3 is 2.77 bits per heavy atom. The first-order valence-corrected chi connectivity index (χ1v) is 6.58. The standard InChI is InChI=1S/C12H20N4O6/c1-3-22-12(21)16-15-6(2)11-13-4-7(14-11)9(19)10(20)8(18)5-17/h4,8-10,17-20H,3,5H2,1-2H3,(H,13,14)(H,16,21). The van der Waals surface area contributed by atoms with Gasteiger partial charge in [0.05, 0.1) is 25.1 Å². The first-order valence-electron chi connectivity index (χ1n) is 6.58. The molecular formula is C12H20N4O6. The lowest BCUT2D eigenvalue weighted by molar-refractivity contribution is -0.0788. The number of H-pyrrole nitrogens is 1. The van der Waals surface area contributed by atoms with E-state index in [4.69, 9.17) is 5.11 Å². The smallest absolute Gasteiger partial charge is 0.427 e. The van der Waals surface area contributed by atoms with Crippen molar-refractivity contribution in [2.24, 2.45) is 5.10 Å². The minimum Gasteiger partial charge on any atom is -0.449 e. The fourth-order valence-electron chi connectivity index (χ4n) is 1.52. The van der Waals surface area contributed by atoms with E-state index in [-0.39, 0.29) is 18.1 Å². The monoisotopic (exact) mass is 316 g/mol. The molecule has 10 nitrogen and oxygen atoms in total. The van der Waals surface area contributed by atoms with Crippen LogP contribution >= 0.6 is 0 Å². The van der Waals surface area contributed by atoms with Gasteiger partial charge in [0.25, 0.3) is 0 Å². The van der Waals surface area contributed by atoms with Crippen molar-refractivity contribution < 1.29 is 30.0 Å². The van der Waals surface area contributed by atoms with Gasteiger partial charge in [0.2, 0.25) is 0 Å². The quantitative estimate of drug-likeness (QED) is 0.267. The molecule has 0 aliphatic heterocycles. The molecule has 3 atom stereocenters. The Labute approximate surface area is 126 Å². The van der Waals surface area contributed by atoms with Crippen LogP contribution in [0.25, 0.3) is 0 Å². The van der Waals surface area contributed by atoms with Crippen LogP contribution in [0.3, 0.4) is 0 Å². The fraction of sp³-hybridized carbons (Fsp3) is 0.583. The van der Waals surface area contributed by atoms with Gasteiger partial charge >= 0.3 is 6.09 Å². The molecule has 10 heteroatoms. The molecule has 0 saturated heterocycles. The van der Waals surface area contributed by atoms with E-state index in [9.17, 15) is 20.1 Å². The number of amides is 1. The maximum Gasteiger partial charge on any atom is 0.427 e. The summed E-state index contributed by atoms with van der Waals surface area (Å²) in [7, 11) is 0. The van der Waals surface area contributed by atoms with Gasteiger partial charge in [-0.05, 0) is 13.8 Å². The maximum atomic E-state index is 11.1. The van der Waals surface area contributed by atoms with Crippen LogP contribution in [0.1, 0.15) is 31.5 Å². The number of hydrogen-bond donors (Lipinski definition) is 6. The normalized spacial score (nSPS) is 16.0. The van der Waals surface area contributed by atoms with Crippen molar-refractivity contribution in [1.82, 2.24) is 15.4 Å². The van der Waals surface area contributed by atoms with E-state index in [1.54, 1.807) is 13.8 Å². The number of hydrogen-bond acceptors (Lipinski definition) is 8. The van der Waals surface area contributed by atoms with Crippen LogP contribution in [0, 0.1) is 0 Å². The summed E-state index contributed by atoms with van der Waals surface area (Å²) < 4.78 is 4.63. The van der Waals surface area contributed by atoms with Crippen molar-refractivity contribution in [3.8, 4) is 0 Å². The van der Waals surface area contributed by atoms with E-state index < -0.39 is 31.0 Å². The van der Waals surface area contributed by atoms with Crippen molar-refractivity contribution >= 4 is 11.8 Å². The van der Waals surface area contributed by atoms with Gasteiger partial charge in [-0.25, -0.2) is 15.2 Å². The zero-order chi connectivity index (χ0) is 16.7. The molecule has 0 fully saturated rings. The Hall–Kier alpha value is -2.01. The number of aromatic amines is 1. The van der Waals surface area contributed by atoms with Gasteiger partial charge in [-0.3, -0.25) is 0 Å². The number of imidazole rings is 1. The summed E-state index contributed by atoms with van der Waals surface area (Å²) in [6.07, 6.45) is -3.99. The highest BCUT2D eigenvalue weighted by molar-refractivity contribution is 5.95. The zero-order valence-electron chi connectivity index (χ0n) is 12.2. The minimum atomic E-state index is -1.58. The first-order chi connectivity index (χ1) is 10.4. The minimum absolute atomic E-state index is 0.126. The Kier molecular flexibility index (Phi) is 6.92.